The molecule has 3 aliphatic heterocycles. The van der Waals surface area contributed by atoms with E-state index < -0.39 is 0 Å². The van der Waals surface area contributed by atoms with Crippen LogP contribution >= 0.6 is 0 Å². The van der Waals surface area contributed by atoms with Crippen molar-refractivity contribution in [3.05, 3.63) is 11.1 Å². The zero-order valence-corrected chi connectivity index (χ0v) is 15.6. The second kappa shape index (κ2) is 5.51. The molecule has 0 aromatic rings. The number of hydrogen-bond acceptors (Lipinski definition) is 5. The number of Topliss-reactive ketones (excluding diaryl/α,β-unsaturated/α-hetero) is 2. The molecule has 3 fully saturated rings. The van der Waals surface area contributed by atoms with Crippen molar-refractivity contribution < 1.29 is 19.1 Å². The fourth-order valence-electron chi connectivity index (χ4n) is 6.69. The van der Waals surface area contributed by atoms with E-state index in [1.165, 1.54) is 0 Å². The number of hydrogen-bond donors (Lipinski definition) is 0. The molecular weight excluding hydrogens is 330 g/mol. The fourth-order valence-corrected chi connectivity index (χ4v) is 6.69. The topological polar surface area (TPSA) is 63.7 Å². The molecule has 5 rings (SSSR count). The largest absolute Gasteiger partial charge is 0.466 e. The molecule has 0 saturated carbocycles. The van der Waals surface area contributed by atoms with E-state index in [0.29, 0.717) is 31.8 Å². The summed E-state index contributed by atoms with van der Waals surface area (Å²) in [7, 11) is 0. The van der Waals surface area contributed by atoms with Gasteiger partial charge >= 0.3 is 5.97 Å². The lowest BCUT2D eigenvalue weighted by atomic mass is 9.65. The monoisotopic (exact) mass is 357 g/mol. The highest BCUT2D eigenvalue weighted by molar-refractivity contribution is 6.13. The standard InChI is InChI=1S/C21H27NO4/c1-11-9-22-10-13-3-4-17(23)26-6-5-12-7-15-18(19(12)24)21(13,2)16(22)8-14(11)20(15)25/h11-14,16H,3-10H2,1-2H3/t11-,12+,13-,14-,16-,21-/m1/s1. The number of carbonyl (C=O) groups is 3. The molecule has 3 heterocycles. The first kappa shape index (κ1) is 16.7. The van der Waals surface area contributed by atoms with Crippen LogP contribution in [-0.4, -0.2) is 48.2 Å². The number of piperidine rings is 1. The Morgan fingerprint density at radius 2 is 1.92 bits per heavy atom. The van der Waals surface area contributed by atoms with Gasteiger partial charge in [-0.05, 0) is 37.5 Å². The van der Waals surface area contributed by atoms with E-state index in [0.717, 1.165) is 37.1 Å². The van der Waals surface area contributed by atoms with Crippen molar-refractivity contribution in [2.24, 2.45) is 29.1 Å². The minimum atomic E-state index is -0.295. The molecule has 2 aliphatic carbocycles. The van der Waals surface area contributed by atoms with Gasteiger partial charge in [0.2, 0.25) is 0 Å². The number of rotatable bonds is 0. The first-order chi connectivity index (χ1) is 12.4. The van der Waals surface area contributed by atoms with Crippen LogP contribution in [0.1, 0.15) is 46.0 Å². The van der Waals surface area contributed by atoms with Gasteiger partial charge in [-0.2, -0.15) is 0 Å². The summed E-state index contributed by atoms with van der Waals surface area (Å²) in [6.07, 6.45) is 3.12. The highest BCUT2D eigenvalue weighted by Gasteiger charge is 2.62. The van der Waals surface area contributed by atoms with Crippen LogP contribution in [0.4, 0.5) is 0 Å². The number of fused-ring (bicyclic) bond motifs is 2. The minimum absolute atomic E-state index is 0.0522. The number of cyclic esters (lactones) is 1. The Morgan fingerprint density at radius 1 is 1.12 bits per heavy atom. The lowest BCUT2D eigenvalue weighted by Crippen LogP contribution is -2.49. The maximum absolute atomic E-state index is 13.4. The van der Waals surface area contributed by atoms with Crippen molar-refractivity contribution in [1.82, 2.24) is 4.90 Å². The van der Waals surface area contributed by atoms with Crippen LogP contribution in [0.5, 0.6) is 0 Å². The molecule has 26 heavy (non-hydrogen) atoms. The van der Waals surface area contributed by atoms with Crippen molar-refractivity contribution in [1.29, 1.82) is 0 Å². The summed E-state index contributed by atoms with van der Waals surface area (Å²) in [5.74, 6) is 0.705. The molecule has 5 heteroatoms. The van der Waals surface area contributed by atoms with Gasteiger partial charge in [-0.3, -0.25) is 19.3 Å². The Kier molecular flexibility index (Phi) is 3.53. The Labute approximate surface area is 154 Å². The molecule has 5 aliphatic rings. The van der Waals surface area contributed by atoms with Crippen LogP contribution in [0.25, 0.3) is 0 Å². The molecule has 0 spiro atoms. The summed E-state index contributed by atoms with van der Waals surface area (Å²) in [5.41, 5.74) is 1.38. The van der Waals surface area contributed by atoms with Gasteiger partial charge in [0.25, 0.3) is 0 Å². The van der Waals surface area contributed by atoms with E-state index >= 15 is 0 Å². The molecule has 0 radical (unpaired) electrons. The number of carbonyl (C=O) groups excluding carboxylic acids is 3. The third kappa shape index (κ3) is 2.04. The van der Waals surface area contributed by atoms with Crippen LogP contribution in [0.15, 0.2) is 11.1 Å². The quantitative estimate of drug-likeness (QED) is 0.622. The Bertz CT molecular complexity index is 740. The summed E-state index contributed by atoms with van der Waals surface area (Å²) >= 11 is 0. The van der Waals surface area contributed by atoms with Gasteiger partial charge in [-0.1, -0.05) is 13.8 Å². The summed E-state index contributed by atoms with van der Waals surface area (Å²) in [5, 5.41) is 0. The zero-order chi connectivity index (χ0) is 18.2. The maximum atomic E-state index is 13.4. The predicted octanol–water partition coefficient (Wildman–Crippen LogP) is 2.14. The second-order valence-electron chi connectivity index (χ2n) is 9.30. The van der Waals surface area contributed by atoms with Gasteiger partial charge in [-0.15, -0.1) is 0 Å². The van der Waals surface area contributed by atoms with Gasteiger partial charge in [0.05, 0.1) is 6.61 Å². The lowest BCUT2D eigenvalue weighted by molar-refractivity contribution is -0.144. The number of nitrogens with zero attached hydrogens (tertiary/aromatic N) is 1. The van der Waals surface area contributed by atoms with Crippen molar-refractivity contribution >= 4 is 17.5 Å². The van der Waals surface area contributed by atoms with Crippen LogP contribution in [-0.2, 0) is 19.1 Å². The zero-order valence-electron chi connectivity index (χ0n) is 15.6. The lowest BCUT2D eigenvalue weighted by Gasteiger charge is -2.43. The van der Waals surface area contributed by atoms with Crippen LogP contribution in [0, 0.1) is 29.1 Å². The van der Waals surface area contributed by atoms with Crippen molar-refractivity contribution in [2.45, 2.75) is 52.0 Å². The smallest absolute Gasteiger partial charge is 0.305 e. The van der Waals surface area contributed by atoms with E-state index in [4.69, 9.17) is 4.74 Å². The molecule has 140 valence electrons. The third-order valence-electron chi connectivity index (χ3n) is 8.09. The maximum Gasteiger partial charge on any atom is 0.305 e. The third-order valence-corrected chi connectivity index (χ3v) is 8.09. The van der Waals surface area contributed by atoms with Gasteiger partial charge in [-0.25, -0.2) is 0 Å². The van der Waals surface area contributed by atoms with Gasteiger partial charge in [0.1, 0.15) is 0 Å². The van der Waals surface area contributed by atoms with Crippen LogP contribution in [0.2, 0.25) is 0 Å². The van der Waals surface area contributed by atoms with Crippen LogP contribution < -0.4 is 0 Å². The molecule has 0 unspecified atom stereocenters. The minimum Gasteiger partial charge on any atom is -0.466 e. The molecule has 0 aromatic heterocycles. The molecular formula is C21H27NO4. The molecule has 3 saturated heterocycles. The molecule has 5 nitrogen and oxygen atoms in total. The van der Waals surface area contributed by atoms with E-state index in [-0.39, 0.29) is 46.7 Å². The summed E-state index contributed by atoms with van der Waals surface area (Å²) in [6.45, 7) is 6.54. The molecule has 0 amide bonds. The number of allylic oxidation sites excluding steroid dienone is 1. The predicted molar refractivity (Wildman–Crippen MR) is 94.2 cm³/mol. The first-order valence-corrected chi connectivity index (χ1v) is 10.1. The molecule has 0 N–H and O–H groups in total. The van der Waals surface area contributed by atoms with E-state index in [1.54, 1.807) is 0 Å². The Morgan fingerprint density at radius 3 is 2.73 bits per heavy atom. The normalized spacial score (nSPS) is 45.6. The highest BCUT2D eigenvalue weighted by Crippen LogP contribution is 2.59. The van der Waals surface area contributed by atoms with E-state index in [1.807, 2.05) is 0 Å². The summed E-state index contributed by atoms with van der Waals surface area (Å²) in [4.78, 5) is 41.4. The molecule has 0 aromatic carbocycles. The first-order valence-electron chi connectivity index (χ1n) is 10.1. The van der Waals surface area contributed by atoms with Crippen molar-refractivity contribution in [3.8, 4) is 0 Å². The average Bonchev–Trinajstić information content (AvgIpc) is 3.03. The SMILES string of the molecule is C[C@@H]1CN2C[C@H]3CCC(=O)OCC[C@H]4CC5=C(C4=O)[C@@]3(C)[C@H]2C[C@H]1C5=O. The summed E-state index contributed by atoms with van der Waals surface area (Å²) in [6, 6.07) is 0.254. The van der Waals surface area contributed by atoms with Crippen molar-refractivity contribution in [3.63, 3.8) is 0 Å². The number of ether oxygens (including phenoxy) is 1. The van der Waals surface area contributed by atoms with Gasteiger partial charge in [0, 0.05) is 53.9 Å². The molecule has 6 atom stereocenters. The number of ketones is 2. The van der Waals surface area contributed by atoms with Gasteiger partial charge < -0.3 is 4.74 Å². The average molecular weight is 357 g/mol. The highest BCUT2D eigenvalue weighted by atomic mass is 16.5. The summed E-state index contributed by atoms with van der Waals surface area (Å²) < 4.78 is 5.36. The second-order valence-corrected chi connectivity index (χ2v) is 9.30. The number of esters is 1. The van der Waals surface area contributed by atoms with E-state index in [2.05, 4.69) is 18.7 Å². The fraction of sp³-hybridized carbons (Fsp3) is 0.762. The van der Waals surface area contributed by atoms with Crippen LogP contribution in [0.3, 0.4) is 0 Å². The molecule has 4 bridgehead atoms. The van der Waals surface area contributed by atoms with Gasteiger partial charge in [0.15, 0.2) is 11.6 Å². The van der Waals surface area contributed by atoms with E-state index in [9.17, 15) is 14.4 Å². The Balaban J connectivity index is 1.69. The van der Waals surface area contributed by atoms with Crippen molar-refractivity contribution in [2.75, 3.05) is 19.7 Å². The Hall–Kier alpha value is -1.49.